The van der Waals surface area contributed by atoms with E-state index in [-0.39, 0.29) is 0 Å². The Balaban J connectivity index is 1.52. The molecule has 2 saturated heterocycles. The van der Waals surface area contributed by atoms with Gasteiger partial charge in [-0.1, -0.05) is 26.7 Å². The Morgan fingerprint density at radius 1 is 0.947 bits per heavy atom. The van der Waals surface area contributed by atoms with Crippen molar-refractivity contribution < 1.29 is 0 Å². The van der Waals surface area contributed by atoms with Gasteiger partial charge in [0.25, 0.3) is 0 Å². The van der Waals surface area contributed by atoms with E-state index in [1.165, 1.54) is 57.9 Å². The monoisotopic (exact) mass is 264 g/mol. The molecule has 2 atom stereocenters. The van der Waals surface area contributed by atoms with Crippen molar-refractivity contribution in [2.75, 3.05) is 13.1 Å². The maximum atomic E-state index is 3.69. The largest absolute Gasteiger partial charge is 0.314 e. The summed E-state index contributed by atoms with van der Waals surface area (Å²) in [6.07, 6.45) is 11.7. The third kappa shape index (κ3) is 3.16. The van der Waals surface area contributed by atoms with E-state index in [1.54, 1.807) is 0 Å². The van der Waals surface area contributed by atoms with E-state index >= 15 is 0 Å². The second kappa shape index (κ2) is 6.13. The Hall–Kier alpha value is -0.0800. The number of hydrogen-bond donors (Lipinski definition) is 1. The van der Waals surface area contributed by atoms with Gasteiger partial charge in [-0.15, -0.1) is 0 Å². The van der Waals surface area contributed by atoms with Crippen LogP contribution in [0.15, 0.2) is 0 Å². The molecule has 0 aromatic heterocycles. The molecule has 1 N–H and O–H groups in total. The molecule has 1 saturated carbocycles. The van der Waals surface area contributed by atoms with Crippen LogP contribution in [0.5, 0.6) is 0 Å². The Bertz CT molecular complexity index is 269. The Kier molecular flexibility index (Phi) is 4.48. The first kappa shape index (κ1) is 13.9. The predicted molar refractivity (Wildman–Crippen MR) is 81.3 cm³/mol. The highest BCUT2D eigenvalue weighted by Crippen LogP contribution is 2.38. The van der Waals surface area contributed by atoms with E-state index in [0.717, 1.165) is 36.5 Å². The van der Waals surface area contributed by atoms with Crippen LogP contribution in [0.25, 0.3) is 0 Å². The molecule has 2 aliphatic heterocycles. The summed E-state index contributed by atoms with van der Waals surface area (Å²) in [6, 6.07) is 2.62. The minimum atomic E-state index is 0.810. The standard InChI is InChI=1S/C17H32N2/c1-3-18-15-10-16-8-9-17(11-15)19(16)12-14-6-4-13(2)5-7-14/h13-18H,3-12H2,1-2H3. The highest BCUT2D eigenvalue weighted by atomic mass is 15.2. The maximum absolute atomic E-state index is 3.69. The van der Waals surface area contributed by atoms with Crippen molar-refractivity contribution in [2.24, 2.45) is 11.8 Å². The molecule has 110 valence electrons. The molecular formula is C17H32N2. The smallest absolute Gasteiger partial charge is 0.0114 e. The first-order valence-electron chi connectivity index (χ1n) is 8.75. The van der Waals surface area contributed by atoms with Crippen LogP contribution in [0, 0.1) is 11.8 Å². The molecule has 2 nitrogen and oxygen atoms in total. The van der Waals surface area contributed by atoms with Crippen molar-refractivity contribution in [2.45, 2.75) is 83.3 Å². The summed E-state index contributed by atoms with van der Waals surface area (Å²) in [5.74, 6) is 2.00. The summed E-state index contributed by atoms with van der Waals surface area (Å²) < 4.78 is 0. The van der Waals surface area contributed by atoms with Crippen LogP contribution in [-0.2, 0) is 0 Å². The van der Waals surface area contributed by atoms with Crippen LogP contribution in [-0.4, -0.2) is 36.1 Å². The average Bonchev–Trinajstić information content (AvgIpc) is 2.64. The highest BCUT2D eigenvalue weighted by molar-refractivity contribution is 4.98. The van der Waals surface area contributed by atoms with Crippen LogP contribution in [0.1, 0.15) is 65.2 Å². The van der Waals surface area contributed by atoms with Crippen LogP contribution >= 0.6 is 0 Å². The van der Waals surface area contributed by atoms with Crippen molar-refractivity contribution in [1.82, 2.24) is 10.2 Å². The molecule has 3 aliphatic rings. The minimum Gasteiger partial charge on any atom is -0.314 e. The van der Waals surface area contributed by atoms with Gasteiger partial charge in [0.15, 0.2) is 0 Å². The van der Waals surface area contributed by atoms with Gasteiger partial charge in [-0.2, -0.15) is 0 Å². The minimum absolute atomic E-state index is 0.810. The fourth-order valence-corrected chi connectivity index (χ4v) is 4.84. The maximum Gasteiger partial charge on any atom is 0.0114 e. The van der Waals surface area contributed by atoms with E-state index in [1.807, 2.05) is 0 Å². The number of fused-ring (bicyclic) bond motifs is 2. The molecule has 0 amide bonds. The molecule has 0 aromatic rings. The summed E-state index contributed by atoms with van der Waals surface area (Å²) in [5, 5.41) is 3.69. The fourth-order valence-electron chi connectivity index (χ4n) is 4.84. The number of nitrogens with zero attached hydrogens (tertiary/aromatic N) is 1. The number of nitrogens with one attached hydrogen (secondary N) is 1. The molecule has 2 bridgehead atoms. The quantitative estimate of drug-likeness (QED) is 0.837. The molecule has 19 heavy (non-hydrogen) atoms. The summed E-state index contributed by atoms with van der Waals surface area (Å²) in [5.41, 5.74) is 0. The first-order chi connectivity index (χ1) is 9.26. The second-order valence-electron chi connectivity index (χ2n) is 7.43. The summed E-state index contributed by atoms with van der Waals surface area (Å²) in [6.45, 7) is 7.24. The lowest BCUT2D eigenvalue weighted by Gasteiger charge is -2.42. The summed E-state index contributed by atoms with van der Waals surface area (Å²) in [4.78, 5) is 2.91. The molecule has 3 rings (SSSR count). The molecular weight excluding hydrogens is 232 g/mol. The lowest BCUT2D eigenvalue weighted by atomic mass is 9.82. The van der Waals surface area contributed by atoms with Crippen molar-refractivity contribution in [1.29, 1.82) is 0 Å². The molecule has 0 spiro atoms. The van der Waals surface area contributed by atoms with Crippen LogP contribution < -0.4 is 5.32 Å². The fraction of sp³-hybridized carbons (Fsp3) is 1.00. The van der Waals surface area contributed by atoms with Crippen molar-refractivity contribution in [3.05, 3.63) is 0 Å². The topological polar surface area (TPSA) is 15.3 Å². The van der Waals surface area contributed by atoms with Gasteiger partial charge in [0.2, 0.25) is 0 Å². The van der Waals surface area contributed by atoms with Crippen molar-refractivity contribution in [3.8, 4) is 0 Å². The van der Waals surface area contributed by atoms with Gasteiger partial charge in [0.05, 0.1) is 0 Å². The summed E-state index contributed by atoms with van der Waals surface area (Å²) in [7, 11) is 0. The third-order valence-electron chi connectivity index (χ3n) is 5.98. The van der Waals surface area contributed by atoms with Gasteiger partial charge in [-0.05, 0) is 56.9 Å². The first-order valence-corrected chi connectivity index (χ1v) is 8.75. The van der Waals surface area contributed by atoms with Crippen molar-refractivity contribution >= 4 is 0 Å². The van der Waals surface area contributed by atoms with Crippen LogP contribution in [0.4, 0.5) is 0 Å². The summed E-state index contributed by atoms with van der Waals surface area (Å²) >= 11 is 0. The van der Waals surface area contributed by atoms with Gasteiger partial charge in [-0.25, -0.2) is 0 Å². The normalized spacial score (nSPS) is 43.6. The molecule has 0 aromatic carbocycles. The molecule has 2 heteroatoms. The Labute approximate surface area is 119 Å². The van der Waals surface area contributed by atoms with E-state index in [9.17, 15) is 0 Å². The van der Waals surface area contributed by atoms with Gasteiger partial charge in [0.1, 0.15) is 0 Å². The lowest BCUT2D eigenvalue weighted by molar-refractivity contribution is 0.0849. The SMILES string of the molecule is CCNC1CC2CCC(C1)N2CC1CCC(C)CC1. The number of piperidine rings is 1. The molecule has 2 heterocycles. The van der Waals surface area contributed by atoms with Crippen molar-refractivity contribution in [3.63, 3.8) is 0 Å². The molecule has 3 fully saturated rings. The van der Waals surface area contributed by atoms with E-state index in [2.05, 4.69) is 24.1 Å². The number of hydrogen-bond acceptors (Lipinski definition) is 2. The van der Waals surface area contributed by atoms with E-state index in [4.69, 9.17) is 0 Å². The Morgan fingerprint density at radius 3 is 2.16 bits per heavy atom. The van der Waals surface area contributed by atoms with E-state index < -0.39 is 0 Å². The molecule has 0 radical (unpaired) electrons. The van der Waals surface area contributed by atoms with Gasteiger partial charge >= 0.3 is 0 Å². The van der Waals surface area contributed by atoms with Crippen LogP contribution in [0.2, 0.25) is 0 Å². The molecule has 2 unspecified atom stereocenters. The van der Waals surface area contributed by atoms with Gasteiger partial charge in [-0.3, -0.25) is 4.90 Å². The highest BCUT2D eigenvalue weighted by Gasteiger charge is 2.41. The predicted octanol–water partition coefficient (Wildman–Crippen LogP) is 3.42. The lowest BCUT2D eigenvalue weighted by Crippen LogP contribution is -2.50. The average molecular weight is 264 g/mol. The van der Waals surface area contributed by atoms with E-state index in [0.29, 0.717) is 0 Å². The zero-order valence-electron chi connectivity index (χ0n) is 12.9. The van der Waals surface area contributed by atoms with Gasteiger partial charge < -0.3 is 5.32 Å². The third-order valence-corrected chi connectivity index (χ3v) is 5.98. The Morgan fingerprint density at radius 2 is 1.58 bits per heavy atom. The second-order valence-corrected chi connectivity index (χ2v) is 7.43. The zero-order valence-corrected chi connectivity index (χ0v) is 12.9. The number of rotatable bonds is 4. The zero-order chi connectivity index (χ0) is 13.2. The van der Waals surface area contributed by atoms with Crippen LogP contribution in [0.3, 0.4) is 0 Å². The molecule has 1 aliphatic carbocycles. The van der Waals surface area contributed by atoms with Gasteiger partial charge in [0, 0.05) is 24.7 Å².